The van der Waals surface area contributed by atoms with Crippen LogP contribution in [0.5, 0.6) is 0 Å². The van der Waals surface area contributed by atoms with Crippen LogP contribution in [0.25, 0.3) is 0 Å². The third-order valence-corrected chi connectivity index (χ3v) is 1.43. The summed E-state index contributed by atoms with van der Waals surface area (Å²) in [5.41, 5.74) is 0.944. The quantitative estimate of drug-likeness (QED) is 0.346. The molecule has 3 N–H and O–H groups in total. The van der Waals surface area contributed by atoms with E-state index in [-0.39, 0.29) is 0 Å². The van der Waals surface area contributed by atoms with E-state index >= 15 is 0 Å². The second-order valence-electron chi connectivity index (χ2n) is 2.46. The lowest BCUT2D eigenvalue weighted by molar-refractivity contribution is -0.112. The number of anilines is 1. The molecule has 0 saturated heterocycles. The highest BCUT2D eigenvalue weighted by Gasteiger charge is 2.28. The lowest BCUT2D eigenvalue weighted by Crippen LogP contribution is -2.13. The molecule has 1 aliphatic heterocycles. The van der Waals surface area contributed by atoms with Gasteiger partial charge in [-0.1, -0.05) is 0 Å². The zero-order valence-electron chi connectivity index (χ0n) is 7.02. The van der Waals surface area contributed by atoms with Crippen molar-refractivity contribution in [3.63, 3.8) is 0 Å². The summed E-state index contributed by atoms with van der Waals surface area (Å²) in [4.78, 5) is 24.1. The second kappa shape index (κ2) is 4.01. The standard InChI is InChI=1S/C6H4N2O2.ClHO3S/c9-5-4-3(1-2-7-4)8-6(5)10;1-5(2,3)4/h1-2,7H,(H,8,9,10);(H,2,3,4). The number of amides is 1. The summed E-state index contributed by atoms with van der Waals surface area (Å²) in [6.07, 6.45) is 1.61. The van der Waals surface area contributed by atoms with Gasteiger partial charge in [0.1, 0.15) is 5.69 Å². The second-order valence-corrected chi connectivity index (χ2v) is 4.46. The van der Waals surface area contributed by atoms with Gasteiger partial charge in [-0.25, -0.2) is 0 Å². The van der Waals surface area contributed by atoms with Crippen molar-refractivity contribution in [2.45, 2.75) is 0 Å². The van der Waals surface area contributed by atoms with Crippen molar-refractivity contribution in [1.29, 1.82) is 0 Å². The zero-order chi connectivity index (χ0) is 11.6. The minimum atomic E-state index is -4.19. The Kier molecular flexibility index (Phi) is 3.12. The highest BCUT2D eigenvalue weighted by molar-refractivity contribution is 8.09. The monoisotopic (exact) mass is 252 g/mol. The van der Waals surface area contributed by atoms with Crippen LogP contribution in [0.3, 0.4) is 0 Å². The average molecular weight is 253 g/mol. The van der Waals surface area contributed by atoms with E-state index in [1.54, 1.807) is 12.3 Å². The van der Waals surface area contributed by atoms with Crippen LogP contribution in [-0.4, -0.2) is 29.6 Å². The third-order valence-electron chi connectivity index (χ3n) is 1.43. The number of aromatic amines is 1. The zero-order valence-corrected chi connectivity index (χ0v) is 8.59. The third kappa shape index (κ3) is 3.35. The minimum absolute atomic E-state index is 0.366. The molecule has 0 spiro atoms. The predicted octanol–water partition coefficient (Wildman–Crippen LogP) is 0.177. The maximum atomic E-state index is 10.8. The van der Waals surface area contributed by atoms with Crippen LogP contribution in [0.15, 0.2) is 12.3 Å². The number of carbonyl (C=O) groups is 2. The number of nitrogens with one attached hydrogen (secondary N) is 2. The molecule has 0 atom stereocenters. The lowest BCUT2D eigenvalue weighted by Gasteiger charge is -1.83. The SMILES string of the molecule is O=C1Nc2cc[nH]c2C1=O.O=S(=O)(O)Cl. The number of Topliss-reactive ketones (excluding diaryl/α,β-unsaturated/α-hetero) is 1. The van der Waals surface area contributed by atoms with E-state index in [1.165, 1.54) is 0 Å². The van der Waals surface area contributed by atoms with Crippen LogP contribution >= 0.6 is 10.7 Å². The van der Waals surface area contributed by atoms with Gasteiger partial charge in [0, 0.05) is 16.9 Å². The molecule has 0 aromatic carbocycles. The van der Waals surface area contributed by atoms with Gasteiger partial charge in [0.05, 0.1) is 5.69 Å². The van der Waals surface area contributed by atoms with E-state index in [4.69, 9.17) is 13.0 Å². The van der Waals surface area contributed by atoms with Gasteiger partial charge in [0.2, 0.25) is 0 Å². The van der Waals surface area contributed by atoms with Crippen LogP contribution in [0.4, 0.5) is 5.69 Å². The molecular formula is C6H5ClN2O5S. The molecule has 1 aromatic heterocycles. The number of halogens is 1. The topological polar surface area (TPSA) is 116 Å². The Morgan fingerprint density at radius 1 is 1.33 bits per heavy atom. The first-order chi connectivity index (χ1) is 6.79. The molecule has 1 amide bonds. The number of hydrogen-bond donors (Lipinski definition) is 3. The molecule has 82 valence electrons. The summed E-state index contributed by atoms with van der Waals surface area (Å²) in [5, 5.41) is 2.41. The maximum absolute atomic E-state index is 10.8. The highest BCUT2D eigenvalue weighted by Crippen LogP contribution is 2.19. The van der Waals surface area contributed by atoms with Crippen molar-refractivity contribution in [2.24, 2.45) is 0 Å². The summed E-state index contributed by atoms with van der Waals surface area (Å²) < 4.78 is 25.2. The molecule has 0 fully saturated rings. The Labute approximate surface area is 88.7 Å². The minimum Gasteiger partial charge on any atom is -0.357 e. The van der Waals surface area contributed by atoms with Gasteiger partial charge in [-0.15, -0.1) is 0 Å². The van der Waals surface area contributed by atoms with Gasteiger partial charge in [0.25, 0.3) is 11.7 Å². The Bertz CT molecular complexity index is 497. The van der Waals surface area contributed by atoms with Gasteiger partial charge in [-0.3, -0.25) is 14.1 Å². The van der Waals surface area contributed by atoms with Crippen molar-refractivity contribution in [3.05, 3.63) is 18.0 Å². The van der Waals surface area contributed by atoms with Crippen LogP contribution in [0.2, 0.25) is 0 Å². The number of aromatic nitrogens is 1. The summed E-state index contributed by atoms with van der Waals surface area (Å²) in [5.74, 6) is -1.04. The molecular weight excluding hydrogens is 248 g/mol. The normalized spacial score (nSPS) is 14.0. The fourth-order valence-corrected chi connectivity index (χ4v) is 0.954. The first kappa shape index (κ1) is 11.7. The first-order valence-corrected chi connectivity index (χ1v) is 5.76. The van der Waals surface area contributed by atoms with Gasteiger partial charge < -0.3 is 10.3 Å². The molecule has 0 radical (unpaired) electrons. The predicted molar refractivity (Wildman–Crippen MR) is 51.2 cm³/mol. The van der Waals surface area contributed by atoms with E-state index < -0.39 is 21.0 Å². The van der Waals surface area contributed by atoms with Crippen molar-refractivity contribution in [3.8, 4) is 0 Å². The van der Waals surface area contributed by atoms with Gasteiger partial charge in [0.15, 0.2) is 0 Å². The Morgan fingerprint density at radius 3 is 2.33 bits per heavy atom. The van der Waals surface area contributed by atoms with Crippen LogP contribution < -0.4 is 5.32 Å². The van der Waals surface area contributed by atoms with Crippen LogP contribution in [0.1, 0.15) is 10.5 Å². The molecule has 0 saturated carbocycles. The van der Waals surface area contributed by atoms with Crippen molar-refractivity contribution < 1.29 is 22.6 Å². The lowest BCUT2D eigenvalue weighted by atomic mass is 10.3. The number of carbonyl (C=O) groups excluding carboxylic acids is 2. The van der Waals surface area contributed by atoms with Crippen molar-refractivity contribution >= 4 is 37.4 Å². The van der Waals surface area contributed by atoms with Crippen molar-refractivity contribution in [2.75, 3.05) is 5.32 Å². The summed E-state index contributed by atoms with van der Waals surface area (Å²) in [6, 6.07) is 1.65. The molecule has 15 heavy (non-hydrogen) atoms. The average Bonchev–Trinajstić information content (AvgIpc) is 2.55. The molecule has 1 aromatic rings. The number of fused-ring (bicyclic) bond motifs is 1. The van der Waals surface area contributed by atoms with Gasteiger partial charge in [-0.05, 0) is 6.07 Å². The summed E-state index contributed by atoms with van der Waals surface area (Å²) in [7, 11) is -0.137. The highest BCUT2D eigenvalue weighted by atomic mass is 35.7. The Balaban J connectivity index is 0.000000195. The van der Waals surface area contributed by atoms with E-state index in [0.717, 1.165) is 0 Å². The molecule has 9 heteroatoms. The summed E-state index contributed by atoms with van der Waals surface area (Å²) >= 11 is 0. The van der Waals surface area contributed by atoms with E-state index in [9.17, 15) is 9.59 Å². The van der Waals surface area contributed by atoms with Crippen LogP contribution in [0, 0.1) is 0 Å². The largest absolute Gasteiger partial charge is 0.357 e. The fourth-order valence-electron chi connectivity index (χ4n) is 0.954. The maximum Gasteiger partial charge on any atom is 0.353 e. The van der Waals surface area contributed by atoms with E-state index in [1.807, 2.05) is 0 Å². The molecule has 7 nitrogen and oxygen atoms in total. The number of H-pyrrole nitrogens is 1. The number of ketones is 1. The molecule has 2 rings (SSSR count). The number of rotatable bonds is 0. The molecule has 0 unspecified atom stereocenters. The molecule has 0 bridgehead atoms. The number of hydrogen-bond acceptors (Lipinski definition) is 4. The van der Waals surface area contributed by atoms with Gasteiger partial charge >= 0.3 is 9.33 Å². The van der Waals surface area contributed by atoms with Gasteiger partial charge in [-0.2, -0.15) is 8.42 Å². The summed E-state index contributed by atoms with van der Waals surface area (Å²) in [6.45, 7) is 0. The van der Waals surface area contributed by atoms with E-state index in [0.29, 0.717) is 11.4 Å². The molecule has 2 heterocycles. The fraction of sp³-hybridized carbons (Fsp3) is 0. The molecule has 0 aliphatic carbocycles. The van der Waals surface area contributed by atoms with Crippen LogP contribution in [-0.2, 0) is 14.1 Å². The Hall–Kier alpha value is -1.38. The Morgan fingerprint density at radius 2 is 1.87 bits per heavy atom. The first-order valence-electron chi connectivity index (χ1n) is 3.49. The van der Waals surface area contributed by atoms with E-state index in [2.05, 4.69) is 21.0 Å². The molecule has 1 aliphatic rings. The van der Waals surface area contributed by atoms with Crippen molar-refractivity contribution in [1.82, 2.24) is 4.98 Å². The smallest absolute Gasteiger partial charge is 0.353 e.